The summed E-state index contributed by atoms with van der Waals surface area (Å²) in [5.74, 6) is -6.45. The number of amides is 1. The van der Waals surface area contributed by atoms with E-state index in [9.17, 15) is 44.3 Å². The summed E-state index contributed by atoms with van der Waals surface area (Å²) < 4.78 is 116. The molecule has 1 heterocycles. The Morgan fingerprint density at radius 1 is 0.846 bits per heavy atom. The second-order valence-corrected chi connectivity index (χ2v) is 5.97. The van der Waals surface area contributed by atoms with Crippen molar-refractivity contribution in [3.63, 3.8) is 0 Å². The van der Waals surface area contributed by atoms with Gasteiger partial charge in [0, 0.05) is 13.1 Å². The van der Waals surface area contributed by atoms with E-state index in [1.807, 2.05) is 0 Å². The minimum Gasteiger partial charge on any atom is -0.337 e. The first-order valence-corrected chi connectivity index (χ1v) is 7.30. The molecular formula is C15H12F9NO. The Morgan fingerprint density at radius 2 is 1.31 bits per heavy atom. The average Bonchev–Trinajstić information content (AvgIpc) is 2.51. The summed E-state index contributed by atoms with van der Waals surface area (Å²) in [6, 6.07) is 3.28. The molecule has 0 N–H and O–H groups in total. The molecule has 0 radical (unpaired) electrons. The van der Waals surface area contributed by atoms with Crippen LogP contribution in [0.15, 0.2) is 24.3 Å². The highest BCUT2D eigenvalue weighted by molar-refractivity contribution is 5.96. The predicted molar refractivity (Wildman–Crippen MR) is 71.1 cm³/mol. The van der Waals surface area contributed by atoms with Crippen LogP contribution in [-0.2, 0) is 6.18 Å². The second-order valence-electron chi connectivity index (χ2n) is 5.97. The van der Waals surface area contributed by atoms with Crippen LogP contribution in [0.25, 0.3) is 0 Å². The van der Waals surface area contributed by atoms with E-state index in [1.54, 1.807) is 0 Å². The Kier molecular flexibility index (Phi) is 5.22. The maximum absolute atomic E-state index is 13.0. The van der Waals surface area contributed by atoms with E-state index in [4.69, 9.17) is 0 Å². The van der Waals surface area contributed by atoms with Crippen molar-refractivity contribution in [2.75, 3.05) is 13.1 Å². The molecule has 1 aliphatic rings. The molecular weight excluding hydrogens is 381 g/mol. The van der Waals surface area contributed by atoms with Crippen LogP contribution in [0.2, 0.25) is 0 Å². The summed E-state index contributed by atoms with van der Waals surface area (Å²) >= 11 is 0. The van der Waals surface area contributed by atoms with Gasteiger partial charge in [0.2, 0.25) is 0 Å². The lowest BCUT2D eigenvalue weighted by molar-refractivity contribution is -0.227. The number of halogens is 9. The zero-order chi connectivity index (χ0) is 19.9. The van der Waals surface area contributed by atoms with Crippen LogP contribution < -0.4 is 0 Å². The van der Waals surface area contributed by atoms with Gasteiger partial charge in [-0.3, -0.25) is 4.79 Å². The number of hydrogen-bond acceptors (Lipinski definition) is 1. The number of piperidine rings is 1. The largest absolute Gasteiger partial charge is 0.417 e. The van der Waals surface area contributed by atoms with E-state index in [0.717, 1.165) is 18.2 Å². The average molecular weight is 393 g/mol. The van der Waals surface area contributed by atoms with Crippen molar-refractivity contribution in [2.45, 2.75) is 24.9 Å². The zero-order valence-corrected chi connectivity index (χ0v) is 12.8. The first-order chi connectivity index (χ1) is 11.7. The summed E-state index contributed by atoms with van der Waals surface area (Å²) in [7, 11) is 0. The quantitative estimate of drug-likeness (QED) is 0.621. The van der Waals surface area contributed by atoms with Crippen molar-refractivity contribution in [3.05, 3.63) is 35.4 Å². The summed E-state index contributed by atoms with van der Waals surface area (Å²) in [6.07, 6.45) is -16.3. The number of carbonyl (C=O) groups excluding carboxylic acids is 1. The molecule has 1 aromatic rings. The lowest BCUT2D eigenvalue weighted by atomic mass is 9.87. The monoisotopic (exact) mass is 393 g/mol. The molecule has 1 aromatic carbocycles. The van der Waals surface area contributed by atoms with E-state index >= 15 is 0 Å². The molecule has 2 rings (SSSR count). The topological polar surface area (TPSA) is 20.3 Å². The number of alkyl halides is 9. The van der Waals surface area contributed by atoms with Gasteiger partial charge in [0.1, 0.15) is 0 Å². The number of nitrogens with zero attached hydrogens (tertiary/aromatic N) is 1. The van der Waals surface area contributed by atoms with Crippen LogP contribution >= 0.6 is 0 Å². The van der Waals surface area contributed by atoms with Crippen LogP contribution in [0.1, 0.15) is 22.3 Å². The summed E-state index contributed by atoms with van der Waals surface area (Å²) in [5.41, 5.74) is -2.40. The van der Waals surface area contributed by atoms with E-state index in [-0.39, 0.29) is 4.90 Å². The highest BCUT2D eigenvalue weighted by Gasteiger charge is 2.52. The minimum absolute atomic E-state index is 0.199. The molecule has 0 spiro atoms. The van der Waals surface area contributed by atoms with Gasteiger partial charge in [-0.25, -0.2) is 0 Å². The van der Waals surface area contributed by atoms with Gasteiger partial charge in [0.25, 0.3) is 5.91 Å². The molecule has 146 valence electrons. The summed E-state index contributed by atoms with van der Waals surface area (Å²) in [4.78, 5) is 12.5. The van der Waals surface area contributed by atoms with Gasteiger partial charge in [0.15, 0.2) is 0 Å². The molecule has 2 nitrogen and oxygen atoms in total. The Morgan fingerprint density at radius 3 is 1.73 bits per heavy atom. The van der Waals surface area contributed by atoms with E-state index in [0.29, 0.717) is 6.07 Å². The molecule has 0 saturated carbocycles. The van der Waals surface area contributed by atoms with Gasteiger partial charge >= 0.3 is 18.5 Å². The second kappa shape index (κ2) is 6.66. The molecule has 0 aliphatic carbocycles. The summed E-state index contributed by atoms with van der Waals surface area (Å²) in [5, 5.41) is 0. The molecule has 1 fully saturated rings. The maximum atomic E-state index is 13.0. The van der Waals surface area contributed by atoms with Crippen molar-refractivity contribution >= 4 is 5.91 Å². The number of hydrogen-bond donors (Lipinski definition) is 0. The van der Waals surface area contributed by atoms with E-state index in [1.165, 1.54) is 0 Å². The third-order valence-corrected chi connectivity index (χ3v) is 4.13. The Hall–Kier alpha value is -1.94. The normalized spacial score (nSPS) is 22.4. The van der Waals surface area contributed by atoms with Crippen LogP contribution in [0.4, 0.5) is 39.5 Å². The van der Waals surface area contributed by atoms with Crippen molar-refractivity contribution in [1.82, 2.24) is 4.90 Å². The molecule has 2 unspecified atom stereocenters. The lowest BCUT2D eigenvalue weighted by Gasteiger charge is -2.39. The SMILES string of the molecule is O=C(c1ccccc1C(F)(F)F)N1CC(C(F)(F)F)CC(C(F)(F)F)C1. The molecule has 2 atom stereocenters. The first kappa shape index (κ1) is 20.4. The molecule has 1 amide bonds. The maximum Gasteiger partial charge on any atom is 0.417 e. The van der Waals surface area contributed by atoms with Crippen molar-refractivity contribution in [3.8, 4) is 0 Å². The van der Waals surface area contributed by atoms with E-state index < -0.39 is 66.9 Å². The molecule has 26 heavy (non-hydrogen) atoms. The fraction of sp³-hybridized carbons (Fsp3) is 0.533. The number of carbonyl (C=O) groups is 1. The number of rotatable bonds is 1. The van der Waals surface area contributed by atoms with Crippen LogP contribution in [-0.4, -0.2) is 36.2 Å². The van der Waals surface area contributed by atoms with Crippen LogP contribution in [0.5, 0.6) is 0 Å². The van der Waals surface area contributed by atoms with Crippen molar-refractivity contribution in [1.29, 1.82) is 0 Å². The van der Waals surface area contributed by atoms with Gasteiger partial charge in [0.05, 0.1) is 23.0 Å². The van der Waals surface area contributed by atoms with Gasteiger partial charge < -0.3 is 4.90 Å². The van der Waals surface area contributed by atoms with Gasteiger partial charge in [-0.2, -0.15) is 39.5 Å². The Labute approximate surface area is 141 Å². The third-order valence-electron chi connectivity index (χ3n) is 4.13. The fourth-order valence-electron chi connectivity index (χ4n) is 2.83. The van der Waals surface area contributed by atoms with Crippen LogP contribution in [0, 0.1) is 11.8 Å². The highest BCUT2D eigenvalue weighted by Crippen LogP contribution is 2.42. The third kappa shape index (κ3) is 4.42. The zero-order valence-electron chi connectivity index (χ0n) is 12.8. The molecule has 11 heteroatoms. The molecule has 1 saturated heterocycles. The smallest absolute Gasteiger partial charge is 0.337 e. The first-order valence-electron chi connectivity index (χ1n) is 7.30. The molecule has 0 aromatic heterocycles. The van der Waals surface area contributed by atoms with Crippen LogP contribution in [0.3, 0.4) is 0 Å². The molecule has 0 bridgehead atoms. The minimum atomic E-state index is -5.01. The van der Waals surface area contributed by atoms with E-state index in [2.05, 4.69) is 0 Å². The number of benzene rings is 1. The highest BCUT2D eigenvalue weighted by atomic mass is 19.4. The number of likely N-dealkylation sites (tertiary alicyclic amines) is 1. The Balaban J connectivity index is 2.39. The molecule has 1 aliphatic heterocycles. The van der Waals surface area contributed by atoms with Crippen molar-refractivity contribution in [2.24, 2.45) is 11.8 Å². The summed E-state index contributed by atoms with van der Waals surface area (Å²) in [6.45, 7) is -2.25. The lowest BCUT2D eigenvalue weighted by Crippen LogP contribution is -2.51. The Bertz CT molecular complexity index is 640. The fourth-order valence-corrected chi connectivity index (χ4v) is 2.83. The van der Waals surface area contributed by atoms with Gasteiger partial charge in [-0.1, -0.05) is 12.1 Å². The van der Waals surface area contributed by atoms with Gasteiger partial charge in [-0.05, 0) is 18.6 Å². The van der Waals surface area contributed by atoms with Crippen molar-refractivity contribution < 1.29 is 44.3 Å². The van der Waals surface area contributed by atoms with Gasteiger partial charge in [-0.15, -0.1) is 0 Å². The standard InChI is InChI=1S/C15H12F9NO/c16-13(17,18)8-5-9(14(19,20)21)7-25(6-8)12(26)10-3-1-2-4-11(10)15(22,23)24/h1-4,8-9H,5-7H2. The predicted octanol–water partition coefficient (Wildman–Crippen LogP) is 4.91.